The van der Waals surface area contributed by atoms with Crippen LogP contribution in [-0.2, 0) is 10.2 Å². The highest BCUT2D eigenvalue weighted by Gasteiger charge is 2.16. The van der Waals surface area contributed by atoms with E-state index in [0.717, 1.165) is 0 Å². The summed E-state index contributed by atoms with van der Waals surface area (Å²) in [6.45, 7) is 3.63. The molecule has 0 aliphatic carbocycles. The van der Waals surface area contributed by atoms with Crippen molar-refractivity contribution in [3.05, 3.63) is 0 Å². The number of carbonyl (C=O) groups is 1. The van der Waals surface area contributed by atoms with Crippen molar-refractivity contribution < 1.29 is 18.3 Å². The summed E-state index contributed by atoms with van der Waals surface area (Å²) < 4.78 is 25.5. The largest absolute Gasteiger partial charge is 0.464 e. The molecule has 0 aromatic rings. The zero-order chi connectivity index (χ0) is 10.5. The van der Waals surface area contributed by atoms with Crippen molar-refractivity contribution in [2.75, 3.05) is 0 Å². The van der Waals surface area contributed by atoms with Crippen molar-refractivity contribution in [2.24, 2.45) is 0 Å². The molecule has 0 aromatic carbocycles. The first-order valence-corrected chi connectivity index (χ1v) is 5.42. The van der Waals surface area contributed by atoms with Crippen LogP contribution in [0.5, 0.6) is 0 Å². The van der Waals surface area contributed by atoms with Crippen LogP contribution in [0.2, 0.25) is 0 Å². The molecule has 0 aliphatic heterocycles. The van der Waals surface area contributed by atoms with Crippen molar-refractivity contribution in [3.63, 3.8) is 0 Å². The Morgan fingerprint density at radius 3 is 2.15 bits per heavy atom. The SMILES string of the molecule is CCC(CC)NS(=O)(=O)NC(=O)O. The molecule has 0 bridgehead atoms. The maximum Gasteiger partial charge on any atom is 0.419 e. The van der Waals surface area contributed by atoms with Crippen LogP contribution in [0.3, 0.4) is 0 Å². The topological polar surface area (TPSA) is 95.5 Å². The van der Waals surface area contributed by atoms with E-state index >= 15 is 0 Å². The zero-order valence-electron chi connectivity index (χ0n) is 7.57. The maximum absolute atomic E-state index is 11.0. The first-order valence-electron chi connectivity index (χ1n) is 3.94. The lowest BCUT2D eigenvalue weighted by Gasteiger charge is -2.13. The van der Waals surface area contributed by atoms with Crippen LogP contribution in [0.25, 0.3) is 0 Å². The second-order valence-electron chi connectivity index (χ2n) is 2.54. The number of carboxylic acid groups (broad SMARTS) is 1. The number of nitrogens with one attached hydrogen (secondary N) is 2. The molecule has 0 radical (unpaired) electrons. The van der Waals surface area contributed by atoms with Gasteiger partial charge < -0.3 is 5.11 Å². The molecule has 0 unspecified atom stereocenters. The summed E-state index contributed by atoms with van der Waals surface area (Å²) in [6, 6.07) is -0.225. The van der Waals surface area contributed by atoms with Gasteiger partial charge in [0.15, 0.2) is 0 Å². The van der Waals surface area contributed by atoms with Crippen LogP contribution < -0.4 is 9.44 Å². The monoisotopic (exact) mass is 210 g/mol. The lowest BCUT2D eigenvalue weighted by atomic mass is 10.2. The van der Waals surface area contributed by atoms with E-state index in [0.29, 0.717) is 12.8 Å². The van der Waals surface area contributed by atoms with Crippen LogP contribution in [-0.4, -0.2) is 25.7 Å². The molecule has 7 heteroatoms. The molecule has 0 rings (SSSR count). The van der Waals surface area contributed by atoms with E-state index in [1.807, 2.05) is 13.8 Å². The third-order valence-corrected chi connectivity index (χ3v) is 2.62. The number of hydrogen-bond acceptors (Lipinski definition) is 3. The van der Waals surface area contributed by atoms with Gasteiger partial charge in [-0.3, -0.25) is 0 Å². The Hall–Kier alpha value is -0.820. The average Bonchev–Trinajstić information content (AvgIpc) is 1.97. The molecule has 0 aromatic heterocycles. The molecule has 6 nitrogen and oxygen atoms in total. The Morgan fingerprint density at radius 2 is 1.85 bits per heavy atom. The third kappa shape index (κ3) is 5.42. The van der Waals surface area contributed by atoms with E-state index < -0.39 is 16.3 Å². The number of hydrogen-bond donors (Lipinski definition) is 3. The minimum Gasteiger partial charge on any atom is -0.464 e. The Morgan fingerprint density at radius 1 is 1.38 bits per heavy atom. The molecule has 3 N–H and O–H groups in total. The van der Waals surface area contributed by atoms with Crippen LogP contribution in [0, 0.1) is 0 Å². The van der Waals surface area contributed by atoms with Gasteiger partial charge in [0.1, 0.15) is 0 Å². The van der Waals surface area contributed by atoms with Gasteiger partial charge in [0, 0.05) is 6.04 Å². The Bertz CT molecular complexity index is 258. The highest BCUT2D eigenvalue weighted by molar-refractivity contribution is 7.88. The van der Waals surface area contributed by atoms with Gasteiger partial charge in [0.25, 0.3) is 0 Å². The van der Waals surface area contributed by atoms with Crippen LogP contribution in [0.15, 0.2) is 0 Å². The van der Waals surface area contributed by atoms with Gasteiger partial charge >= 0.3 is 16.3 Å². The van der Waals surface area contributed by atoms with Crippen molar-refractivity contribution in [1.29, 1.82) is 0 Å². The molecule has 0 aliphatic rings. The van der Waals surface area contributed by atoms with E-state index in [9.17, 15) is 13.2 Å². The van der Waals surface area contributed by atoms with Crippen molar-refractivity contribution in [2.45, 2.75) is 32.7 Å². The normalized spacial score (nSPS) is 11.6. The molecular weight excluding hydrogens is 196 g/mol. The maximum atomic E-state index is 11.0. The van der Waals surface area contributed by atoms with Crippen molar-refractivity contribution in [3.8, 4) is 0 Å². The van der Waals surface area contributed by atoms with Crippen molar-refractivity contribution in [1.82, 2.24) is 9.44 Å². The van der Waals surface area contributed by atoms with Gasteiger partial charge in [0.2, 0.25) is 0 Å². The Kier molecular flexibility index (Phi) is 4.71. The Balaban J connectivity index is 4.24. The quantitative estimate of drug-likeness (QED) is 0.607. The molecule has 78 valence electrons. The summed E-state index contributed by atoms with van der Waals surface area (Å²) in [5, 5.41) is 8.18. The predicted molar refractivity (Wildman–Crippen MR) is 47.6 cm³/mol. The van der Waals surface area contributed by atoms with Gasteiger partial charge in [-0.2, -0.15) is 13.1 Å². The molecule has 0 fully saturated rings. The summed E-state index contributed by atoms with van der Waals surface area (Å²) in [7, 11) is -3.90. The summed E-state index contributed by atoms with van der Waals surface area (Å²) in [4.78, 5) is 10.0. The van der Waals surface area contributed by atoms with E-state index in [-0.39, 0.29) is 6.04 Å². The fourth-order valence-electron chi connectivity index (χ4n) is 0.819. The van der Waals surface area contributed by atoms with E-state index in [1.54, 1.807) is 0 Å². The van der Waals surface area contributed by atoms with Gasteiger partial charge in [-0.25, -0.2) is 9.52 Å². The van der Waals surface area contributed by atoms with E-state index in [2.05, 4.69) is 4.72 Å². The van der Waals surface area contributed by atoms with E-state index in [4.69, 9.17) is 5.11 Å². The second-order valence-corrected chi connectivity index (χ2v) is 3.99. The summed E-state index contributed by atoms with van der Waals surface area (Å²) >= 11 is 0. The van der Waals surface area contributed by atoms with Crippen LogP contribution in [0.1, 0.15) is 26.7 Å². The van der Waals surface area contributed by atoms with Gasteiger partial charge in [-0.15, -0.1) is 0 Å². The molecule has 13 heavy (non-hydrogen) atoms. The third-order valence-electron chi connectivity index (χ3n) is 1.53. The summed E-state index contributed by atoms with van der Waals surface area (Å²) in [5.74, 6) is 0. The molecular formula is C6H14N2O4S. The lowest BCUT2D eigenvalue weighted by Crippen LogP contribution is -2.44. The van der Waals surface area contributed by atoms with Gasteiger partial charge in [0.05, 0.1) is 0 Å². The zero-order valence-corrected chi connectivity index (χ0v) is 8.39. The van der Waals surface area contributed by atoms with Crippen molar-refractivity contribution >= 4 is 16.3 Å². The fraction of sp³-hybridized carbons (Fsp3) is 0.833. The molecule has 0 atom stereocenters. The molecule has 0 saturated heterocycles. The first-order chi connectivity index (χ1) is 5.91. The fourth-order valence-corrected chi connectivity index (χ4v) is 1.88. The summed E-state index contributed by atoms with van der Waals surface area (Å²) in [5.41, 5.74) is 0. The standard InChI is InChI=1S/C6H14N2O4S/c1-3-5(4-2)7-13(11,12)8-6(9)10/h5,7-8H,3-4H2,1-2H3,(H,9,10). The first kappa shape index (κ1) is 12.2. The average molecular weight is 210 g/mol. The smallest absolute Gasteiger partial charge is 0.419 e. The highest BCUT2D eigenvalue weighted by atomic mass is 32.2. The lowest BCUT2D eigenvalue weighted by molar-refractivity contribution is 0.201. The molecule has 0 spiro atoms. The highest BCUT2D eigenvalue weighted by Crippen LogP contribution is 1.97. The summed E-state index contributed by atoms with van der Waals surface area (Å²) in [6.07, 6.45) is -0.341. The predicted octanol–water partition coefficient (Wildman–Crippen LogP) is 0.277. The number of amides is 1. The molecule has 0 heterocycles. The Labute approximate surface area is 77.5 Å². The number of rotatable bonds is 5. The van der Waals surface area contributed by atoms with E-state index in [1.165, 1.54) is 4.72 Å². The minimum absolute atomic E-state index is 0.225. The van der Waals surface area contributed by atoms with Gasteiger partial charge in [-0.1, -0.05) is 13.8 Å². The van der Waals surface area contributed by atoms with Crippen LogP contribution >= 0.6 is 0 Å². The van der Waals surface area contributed by atoms with Gasteiger partial charge in [-0.05, 0) is 12.8 Å². The molecule has 1 amide bonds. The molecule has 0 saturated carbocycles. The van der Waals surface area contributed by atoms with Crippen LogP contribution in [0.4, 0.5) is 4.79 Å². The second kappa shape index (κ2) is 5.03. The minimum atomic E-state index is -3.90.